The predicted molar refractivity (Wildman–Crippen MR) is 108 cm³/mol. The third-order valence-electron chi connectivity index (χ3n) is 5.13. The van der Waals surface area contributed by atoms with Gasteiger partial charge < -0.3 is 5.32 Å². The first-order chi connectivity index (χ1) is 13.2. The first kappa shape index (κ1) is 18.1. The fourth-order valence-corrected chi connectivity index (χ4v) is 4.47. The van der Waals surface area contributed by atoms with Crippen molar-refractivity contribution in [1.82, 2.24) is 24.6 Å². The number of nitrogens with zero attached hydrogens (tertiary/aromatic N) is 4. The molecule has 4 rings (SSSR count). The molecule has 3 heterocycles. The molecule has 1 saturated heterocycles. The van der Waals surface area contributed by atoms with Crippen molar-refractivity contribution >= 4 is 11.3 Å². The lowest BCUT2D eigenvalue weighted by Crippen LogP contribution is -2.30. The summed E-state index contributed by atoms with van der Waals surface area (Å²) in [5.41, 5.74) is 1.96. The van der Waals surface area contributed by atoms with Gasteiger partial charge in [0.2, 0.25) is 0 Å². The summed E-state index contributed by atoms with van der Waals surface area (Å²) in [7, 11) is 0. The fourth-order valence-electron chi connectivity index (χ4n) is 3.65. The standard InChI is InChI=1S/C20H25N5OS/c1-2-24-18(12-15-8-10-21-11-9-15)23-25(20(24)26)13-17-14-27-19(22-17)16-6-4-3-5-7-16/h3-7,14-15,21H,2,8-13H2,1H3. The van der Waals surface area contributed by atoms with Crippen LogP contribution in [0.1, 0.15) is 31.3 Å². The van der Waals surface area contributed by atoms with Crippen molar-refractivity contribution in [2.45, 2.75) is 39.3 Å². The molecular weight excluding hydrogens is 358 g/mol. The maximum Gasteiger partial charge on any atom is 0.346 e. The van der Waals surface area contributed by atoms with E-state index in [9.17, 15) is 4.79 Å². The van der Waals surface area contributed by atoms with Crippen molar-refractivity contribution in [3.8, 4) is 10.6 Å². The molecule has 1 aromatic carbocycles. The summed E-state index contributed by atoms with van der Waals surface area (Å²) in [5, 5.41) is 11.1. The predicted octanol–water partition coefficient (Wildman–Crippen LogP) is 2.78. The Morgan fingerprint density at radius 2 is 2.00 bits per heavy atom. The molecule has 0 atom stereocenters. The SMILES string of the molecule is CCn1c(CC2CCNCC2)nn(Cc2csc(-c3ccccc3)n2)c1=O. The monoisotopic (exact) mass is 383 g/mol. The molecule has 6 nitrogen and oxygen atoms in total. The second-order valence-electron chi connectivity index (χ2n) is 7.01. The van der Waals surface area contributed by atoms with E-state index >= 15 is 0 Å². The molecule has 2 aromatic heterocycles. The summed E-state index contributed by atoms with van der Waals surface area (Å²) in [6.07, 6.45) is 3.18. The van der Waals surface area contributed by atoms with Gasteiger partial charge in [0, 0.05) is 23.9 Å². The molecule has 3 aromatic rings. The van der Waals surface area contributed by atoms with Gasteiger partial charge in [-0.05, 0) is 38.8 Å². The van der Waals surface area contributed by atoms with Crippen LogP contribution in [0.25, 0.3) is 10.6 Å². The molecule has 1 aliphatic heterocycles. The average Bonchev–Trinajstić information content (AvgIpc) is 3.28. The molecule has 142 valence electrons. The van der Waals surface area contributed by atoms with Crippen molar-refractivity contribution < 1.29 is 0 Å². The highest BCUT2D eigenvalue weighted by atomic mass is 32.1. The summed E-state index contributed by atoms with van der Waals surface area (Å²) in [6, 6.07) is 10.1. The zero-order valence-electron chi connectivity index (χ0n) is 15.6. The van der Waals surface area contributed by atoms with Gasteiger partial charge in [0.25, 0.3) is 0 Å². The lowest BCUT2D eigenvalue weighted by Gasteiger charge is -2.21. The van der Waals surface area contributed by atoms with Crippen LogP contribution in [-0.4, -0.2) is 32.4 Å². The van der Waals surface area contributed by atoms with Crippen LogP contribution in [0, 0.1) is 5.92 Å². The van der Waals surface area contributed by atoms with E-state index < -0.39 is 0 Å². The van der Waals surface area contributed by atoms with Gasteiger partial charge in [-0.15, -0.1) is 11.3 Å². The van der Waals surface area contributed by atoms with E-state index in [-0.39, 0.29) is 5.69 Å². The normalized spacial score (nSPS) is 15.3. The van der Waals surface area contributed by atoms with Crippen LogP contribution in [0.4, 0.5) is 0 Å². The third kappa shape index (κ3) is 4.04. The zero-order valence-corrected chi connectivity index (χ0v) is 16.4. The molecule has 0 bridgehead atoms. The first-order valence-electron chi connectivity index (χ1n) is 9.61. The number of nitrogens with one attached hydrogen (secondary N) is 1. The van der Waals surface area contributed by atoms with Crippen LogP contribution in [0.2, 0.25) is 0 Å². The Balaban J connectivity index is 1.54. The van der Waals surface area contributed by atoms with Crippen LogP contribution < -0.4 is 11.0 Å². The van der Waals surface area contributed by atoms with E-state index in [0.29, 0.717) is 19.0 Å². The molecule has 0 amide bonds. The van der Waals surface area contributed by atoms with Gasteiger partial charge in [-0.1, -0.05) is 30.3 Å². The van der Waals surface area contributed by atoms with Crippen LogP contribution >= 0.6 is 11.3 Å². The van der Waals surface area contributed by atoms with Crippen LogP contribution in [0.5, 0.6) is 0 Å². The van der Waals surface area contributed by atoms with Crippen molar-refractivity contribution in [2.75, 3.05) is 13.1 Å². The Morgan fingerprint density at radius 1 is 1.22 bits per heavy atom. The van der Waals surface area contributed by atoms with Crippen molar-refractivity contribution in [2.24, 2.45) is 5.92 Å². The Hall–Kier alpha value is -2.25. The minimum absolute atomic E-state index is 0.0318. The number of piperidine rings is 1. The quantitative estimate of drug-likeness (QED) is 0.711. The molecule has 0 radical (unpaired) electrons. The number of benzene rings is 1. The topological polar surface area (TPSA) is 64.7 Å². The van der Waals surface area contributed by atoms with Gasteiger partial charge >= 0.3 is 5.69 Å². The lowest BCUT2D eigenvalue weighted by molar-refractivity contribution is 0.362. The molecule has 1 N–H and O–H groups in total. The van der Waals surface area contributed by atoms with Gasteiger partial charge in [-0.25, -0.2) is 14.5 Å². The molecule has 1 fully saturated rings. The van der Waals surface area contributed by atoms with Crippen LogP contribution in [0.3, 0.4) is 0 Å². The number of aromatic nitrogens is 4. The second-order valence-corrected chi connectivity index (χ2v) is 7.87. The van der Waals surface area contributed by atoms with Gasteiger partial charge in [-0.2, -0.15) is 5.10 Å². The van der Waals surface area contributed by atoms with E-state index in [0.717, 1.165) is 54.4 Å². The smallest absolute Gasteiger partial charge is 0.317 e. The van der Waals surface area contributed by atoms with Gasteiger partial charge in [0.1, 0.15) is 10.8 Å². The number of thiazole rings is 1. The highest BCUT2D eigenvalue weighted by molar-refractivity contribution is 7.13. The molecule has 27 heavy (non-hydrogen) atoms. The van der Waals surface area contributed by atoms with Crippen LogP contribution in [0.15, 0.2) is 40.5 Å². The summed E-state index contributed by atoms with van der Waals surface area (Å²) in [5.74, 6) is 1.52. The van der Waals surface area contributed by atoms with Crippen molar-refractivity contribution in [3.63, 3.8) is 0 Å². The first-order valence-corrected chi connectivity index (χ1v) is 10.5. The molecule has 0 spiro atoms. The van der Waals surface area contributed by atoms with Gasteiger partial charge in [0.15, 0.2) is 0 Å². The fraction of sp³-hybridized carbons (Fsp3) is 0.450. The van der Waals surface area contributed by atoms with E-state index in [4.69, 9.17) is 4.98 Å². The van der Waals surface area contributed by atoms with Crippen molar-refractivity contribution in [1.29, 1.82) is 0 Å². The Kier molecular flexibility index (Phi) is 5.50. The highest BCUT2D eigenvalue weighted by Crippen LogP contribution is 2.23. The minimum atomic E-state index is -0.0318. The number of hydrogen-bond acceptors (Lipinski definition) is 5. The Labute approximate surface area is 162 Å². The Bertz CT molecular complexity index is 937. The second kappa shape index (κ2) is 8.19. The average molecular weight is 384 g/mol. The molecule has 0 saturated carbocycles. The molecule has 1 aliphatic rings. The van der Waals surface area contributed by atoms with E-state index in [1.54, 1.807) is 16.0 Å². The van der Waals surface area contributed by atoms with Crippen LogP contribution in [-0.2, 0) is 19.5 Å². The summed E-state index contributed by atoms with van der Waals surface area (Å²) in [6.45, 7) is 5.21. The zero-order chi connectivity index (χ0) is 18.6. The minimum Gasteiger partial charge on any atom is -0.317 e. The third-order valence-corrected chi connectivity index (χ3v) is 6.07. The maximum absolute atomic E-state index is 12.8. The summed E-state index contributed by atoms with van der Waals surface area (Å²) in [4.78, 5) is 17.5. The molecule has 0 unspecified atom stereocenters. The summed E-state index contributed by atoms with van der Waals surface area (Å²) >= 11 is 1.60. The Morgan fingerprint density at radius 3 is 2.74 bits per heavy atom. The van der Waals surface area contributed by atoms with E-state index in [1.807, 2.05) is 35.1 Å². The lowest BCUT2D eigenvalue weighted by atomic mass is 9.94. The number of hydrogen-bond donors (Lipinski definition) is 1. The maximum atomic E-state index is 12.8. The van der Waals surface area contributed by atoms with Gasteiger partial charge in [0.05, 0.1) is 12.2 Å². The van der Waals surface area contributed by atoms with Gasteiger partial charge in [-0.3, -0.25) is 4.57 Å². The summed E-state index contributed by atoms with van der Waals surface area (Å²) < 4.78 is 3.39. The van der Waals surface area contributed by atoms with Crippen molar-refractivity contribution in [3.05, 3.63) is 57.7 Å². The largest absolute Gasteiger partial charge is 0.346 e. The molecule has 0 aliphatic carbocycles. The van der Waals surface area contributed by atoms with E-state index in [2.05, 4.69) is 22.5 Å². The molecule has 7 heteroatoms. The van der Waals surface area contributed by atoms with E-state index in [1.165, 1.54) is 0 Å². The molecular formula is C20H25N5OS. The number of rotatable bonds is 6. The highest BCUT2D eigenvalue weighted by Gasteiger charge is 2.19.